The molecule has 0 saturated heterocycles. The minimum atomic E-state index is -0.381. The molecule has 0 heterocycles. The van der Waals surface area contributed by atoms with Crippen LogP contribution in [0, 0.1) is 0 Å². The number of carbonyl (C=O) groups is 1. The zero-order valence-corrected chi connectivity index (χ0v) is 15.3. The predicted octanol–water partition coefficient (Wildman–Crippen LogP) is 4.72. The van der Waals surface area contributed by atoms with Crippen LogP contribution in [0.25, 0.3) is 0 Å². The van der Waals surface area contributed by atoms with Gasteiger partial charge in [-0.3, -0.25) is 0 Å². The van der Waals surface area contributed by atoms with Gasteiger partial charge in [-0.05, 0) is 31.5 Å². The molecule has 0 aliphatic carbocycles. The van der Waals surface area contributed by atoms with Crippen LogP contribution in [0.15, 0.2) is 54.6 Å². The van der Waals surface area contributed by atoms with Gasteiger partial charge in [0.05, 0.1) is 30.7 Å². The quantitative estimate of drug-likeness (QED) is 0.535. The molecule has 0 bridgehead atoms. The zero-order valence-electron chi connectivity index (χ0n) is 14.5. The van der Waals surface area contributed by atoms with Crippen LogP contribution >= 0.6 is 11.6 Å². The van der Waals surface area contributed by atoms with Crippen molar-refractivity contribution in [3.63, 3.8) is 0 Å². The van der Waals surface area contributed by atoms with Gasteiger partial charge in [-0.2, -0.15) is 0 Å². The van der Waals surface area contributed by atoms with Crippen molar-refractivity contribution in [1.29, 1.82) is 0 Å². The van der Waals surface area contributed by atoms with Gasteiger partial charge in [0, 0.05) is 0 Å². The van der Waals surface area contributed by atoms with E-state index < -0.39 is 0 Å². The van der Waals surface area contributed by atoms with Gasteiger partial charge in [0.15, 0.2) is 6.10 Å². The van der Waals surface area contributed by atoms with Crippen LogP contribution in [-0.4, -0.2) is 37.1 Å². The second kappa shape index (κ2) is 8.32. The van der Waals surface area contributed by atoms with Crippen LogP contribution in [0.4, 0.5) is 0 Å². The van der Waals surface area contributed by atoms with Crippen LogP contribution in [0.1, 0.15) is 35.9 Å². The lowest BCUT2D eigenvalue weighted by Crippen LogP contribution is -2.47. The number of rotatable bonds is 7. The SMILES string of the molecule is CC[N+](C)(CC)CC(OC(=O)c1ccccc1Cl)c1ccccc1. The summed E-state index contributed by atoms with van der Waals surface area (Å²) in [7, 11) is 2.18. The van der Waals surface area contributed by atoms with Crippen molar-refractivity contribution < 1.29 is 14.0 Å². The summed E-state index contributed by atoms with van der Waals surface area (Å²) in [5.41, 5.74) is 1.41. The number of hydrogen-bond donors (Lipinski definition) is 0. The molecular formula is C20H25ClNO2+. The molecule has 0 aliphatic rings. The largest absolute Gasteiger partial charge is 0.448 e. The first kappa shape index (κ1) is 18.5. The van der Waals surface area contributed by atoms with Crippen molar-refractivity contribution in [2.75, 3.05) is 26.7 Å². The fraction of sp³-hybridized carbons (Fsp3) is 0.350. The van der Waals surface area contributed by atoms with Gasteiger partial charge >= 0.3 is 5.97 Å². The van der Waals surface area contributed by atoms with E-state index in [0.29, 0.717) is 10.6 Å². The maximum Gasteiger partial charge on any atom is 0.340 e. The summed E-state index contributed by atoms with van der Waals surface area (Å²) in [5, 5.41) is 0.414. The highest BCUT2D eigenvalue weighted by atomic mass is 35.5. The Morgan fingerprint density at radius 1 is 1.04 bits per heavy atom. The molecule has 4 heteroatoms. The van der Waals surface area contributed by atoms with Crippen LogP contribution in [0.2, 0.25) is 5.02 Å². The van der Waals surface area contributed by atoms with Crippen molar-refractivity contribution in [1.82, 2.24) is 0 Å². The van der Waals surface area contributed by atoms with Crippen LogP contribution < -0.4 is 0 Å². The standard InChI is InChI=1S/C20H25ClNO2/c1-4-22(3,5-2)15-19(16-11-7-6-8-12-16)24-20(23)17-13-9-10-14-18(17)21/h6-14,19H,4-5,15H2,1-3H3/q+1. The third-order valence-electron chi connectivity index (χ3n) is 4.65. The first-order chi connectivity index (χ1) is 11.5. The lowest BCUT2D eigenvalue weighted by atomic mass is 10.1. The first-order valence-corrected chi connectivity index (χ1v) is 8.71. The minimum Gasteiger partial charge on any atom is -0.448 e. The number of quaternary nitrogens is 1. The second-order valence-electron chi connectivity index (χ2n) is 6.22. The molecule has 24 heavy (non-hydrogen) atoms. The van der Waals surface area contributed by atoms with E-state index in [1.807, 2.05) is 30.3 Å². The molecule has 0 fully saturated rings. The molecule has 2 aromatic carbocycles. The number of esters is 1. The second-order valence-corrected chi connectivity index (χ2v) is 6.63. The number of ether oxygens (including phenoxy) is 1. The smallest absolute Gasteiger partial charge is 0.340 e. The highest BCUT2D eigenvalue weighted by Crippen LogP contribution is 2.25. The van der Waals surface area contributed by atoms with Gasteiger partial charge in [0.2, 0.25) is 0 Å². The Morgan fingerprint density at radius 2 is 1.62 bits per heavy atom. The maximum atomic E-state index is 12.6. The van der Waals surface area contributed by atoms with Gasteiger partial charge in [-0.15, -0.1) is 0 Å². The molecule has 2 rings (SSSR count). The van der Waals surface area contributed by atoms with Crippen molar-refractivity contribution in [3.05, 3.63) is 70.7 Å². The molecule has 0 saturated carbocycles. The third kappa shape index (κ3) is 4.59. The fourth-order valence-corrected chi connectivity index (χ4v) is 2.79. The van der Waals surface area contributed by atoms with Gasteiger partial charge in [-0.1, -0.05) is 54.1 Å². The molecule has 0 aromatic heterocycles. The summed E-state index contributed by atoms with van der Waals surface area (Å²) in [4.78, 5) is 12.6. The lowest BCUT2D eigenvalue weighted by molar-refractivity contribution is -0.909. The lowest BCUT2D eigenvalue weighted by Gasteiger charge is -2.35. The molecule has 2 aromatic rings. The summed E-state index contributed by atoms with van der Waals surface area (Å²) in [6.45, 7) is 6.99. The average molecular weight is 347 g/mol. The highest BCUT2D eigenvalue weighted by molar-refractivity contribution is 6.33. The van der Waals surface area contributed by atoms with Crippen molar-refractivity contribution in [2.45, 2.75) is 20.0 Å². The number of benzene rings is 2. The number of likely N-dealkylation sites (N-methyl/N-ethyl adjacent to an activating group) is 1. The number of hydrogen-bond acceptors (Lipinski definition) is 2. The normalized spacial score (nSPS) is 12.7. The summed E-state index contributed by atoms with van der Waals surface area (Å²) in [6, 6.07) is 16.9. The summed E-state index contributed by atoms with van der Waals surface area (Å²) in [5.74, 6) is -0.381. The third-order valence-corrected chi connectivity index (χ3v) is 4.98. The van der Waals surface area contributed by atoms with Crippen LogP contribution in [-0.2, 0) is 4.74 Å². The van der Waals surface area contributed by atoms with E-state index in [1.54, 1.807) is 24.3 Å². The van der Waals surface area contributed by atoms with Gasteiger partial charge < -0.3 is 9.22 Å². The molecule has 128 valence electrons. The summed E-state index contributed by atoms with van der Waals surface area (Å²) in [6.07, 6.45) is -0.306. The van der Waals surface area contributed by atoms with Gasteiger partial charge in [0.1, 0.15) is 6.54 Å². The number of halogens is 1. The number of carbonyl (C=O) groups excluding carboxylic acids is 1. The zero-order chi connectivity index (χ0) is 17.6. The van der Waals surface area contributed by atoms with Gasteiger partial charge in [0.25, 0.3) is 0 Å². The Bertz CT molecular complexity index is 668. The van der Waals surface area contributed by atoms with Crippen molar-refractivity contribution in [3.8, 4) is 0 Å². The molecule has 0 radical (unpaired) electrons. The molecule has 3 nitrogen and oxygen atoms in total. The average Bonchev–Trinajstić information content (AvgIpc) is 2.62. The molecule has 0 N–H and O–H groups in total. The molecule has 0 amide bonds. The minimum absolute atomic E-state index is 0.306. The Morgan fingerprint density at radius 3 is 2.21 bits per heavy atom. The van der Waals surface area contributed by atoms with Crippen LogP contribution in [0.5, 0.6) is 0 Å². The summed E-state index contributed by atoms with van der Waals surface area (Å²) >= 11 is 6.13. The Balaban J connectivity index is 2.26. The number of nitrogens with zero attached hydrogens (tertiary/aromatic N) is 1. The van der Waals surface area contributed by atoms with E-state index in [1.165, 1.54) is 0 Å². The first-order valence-electron chi connectivity index (χ1n) is 8.33. The Labute approximate surface area is 149 Å². The van der Waals surface area contributed by atoms with E-state index in [0.717, 1.165) is 29.7 Å². The molecule has 1 unspecified atom stereocenters. The summed E-state index contributed by atoms with van der Waals surface area (Å²) < 4.78 is 6.69. The maximum absolute atomic E-state index is 12.6. The molecule has 0 aliphatic heterocycles. The van der Waals surface area contributed by atoms with E-state index >= 15 is 0 Å². The highest BCUT2D eigenvalue weighted by Gasteiger charge is 2.28. The molecule has 1 atom stereocenters. The van der Waals surface area contributed by atoms with Crippen LogP contribution in [0.3, 0.4) is 0 Å². The van der Waals surface area contributed by atoms with E-state index in [4.69, 9.17) is 16.3 Å². The van der Waals surface area contributed by atoms with Crippen molar-refractivity contribution in [2.24, 2.45) is 0 Å². The van der Waals surface area contributed by atoms with E-state index in [-0.39, 0.29) is 12.1 Å². The predicted molar refractivity (Wildman–Crippen MR) is 98.2 cm³/mol. The Kier molecular flexibility index (Phi) is 6.41. The van der Waals surface area contributed by atoms with Crippen molar-refractivity contribution >= 4 is 17.6 Å². The fourth-order valence-electron chi connectivity index (χ4n) is 2.58. The van der Waals surface area contributed by atoms with E-state index in [2.05, 4.69) is 20.9 Å². The Hall–Kier alpha value is -1.84. The van der Waals surface area contributed by atoms with E-state index in [9.17, 15) is 4.79 Å². The monoisotopic (exact) mass is 346 g/mol. The molecule has 0 spiro atoms. The topological polar surface area (TPSA) is 26.3 Å². The molecular weight excluding hydrogens is 322 g/mol. The van der Waals surface area contributed by atoms with Gasteiger partial charge in [-0.25, -0.2) is 4.79 Å².